The summed E-state index contributed by atoms with van der Waals surface area (Å²) in [6, 6.07) is 7.04. The number of rotatable bonds is 3. The molecule has 110 valence electrons. The van der Waals surface area contributed by atoms with Gasteiger partial charge in [0.25, 0.3) is 0 Å². The van der Waals surface area contributed by atoms with Crippen molar-refractivity contribution in [2.75, 3.05) is 18.2 Å². The number of nitrogen functional groups attached to an aromatic ring is 1. The molecule has 1 aromatic carbocycles. The standard InChI is InChI=1S/C14H16N4O3/c1-8-16-12(14(20)21-3)13(15)18(8)11-6-4-10(5-7-11)17-9(2)19/h4-7H,15H2,1-3H3,(H,17,19). The van der Waals surface area contributed by atoms with Crippen LogP contribution in [-0.4, -0.2) is 28.5 Å². The van der Waals surface area contributed by atoms with Crippen molar-refractivity contribution in [1.29, 1.82) is 0 Å². The van der Waals surface area contributed by atoms with Gasteiger partial charge in [0, 0.05) is 18.3 Å². The topological polar surface area (TPSA) is 99.2 Å². The van der Waals surface area contributed by atoms with Gasteiger partial charge >= 0.3 is 5.97 Å². The zero-order valence-electron chi connectivity index (χ0n) is 12.0. The predicted octanol–water partition coefficient (Wildman–Crippen LogP) is 1.51. The molecule has 1 amide bonds. The smallest absolute Gasteiger partial charge is 0.360 e. The number of carbonyl (C=O) groups is 2. The zero-order chi connectivity index (χ0) is 15.6. The summed E-state index contributed by atoms with van der Waals surface area (Å²) in [5.74, 6) is 0.0603. The van der Waals surface area contributed by atoms with E-state index in [9.17, 15) is 9.59 Å². The molecule has 0 atom stereocenters. The Balaban J connectivity index is 2.40. The Kier molecular flexibility index (Phi) is 3.93. The molecule has 21 heavy (non-hydrogen) atoms. The number of hydrogen-bond donors (Lipinski definition) is 2. The molecular weight excluding hydrogens is 272 g/mol. The van der Waals surface area contributed by atoms with Crippen LogP contribution in [0.15, 0.2) is 24.3 Å². The molecular formula is C14H16N4O3. The second kappa shape index (κ2) is 5.66. The molecule has 2 aromatic rings. The van der Waals surface area contributed by atoms with Gasteiger partial charge in [0.2, 0.25) is 5.91 Å². The molecule has 0 saturated carbocycles. The van der Waals surface area contributed by atoms with Crippen LogP contribution < -0.4 is 11.1 Å². The highest BCUT2D eigenvalue weighted by Gasteiger charge is 2.19. The first-order valence-corrected chi connectivity index (χ1v) is 6.25. The quantitative estimate of drug-likeness (QED) is 0.834. The van der Waals surface area contributed by atoms with Crippen LogP contribution in [0.1, 0.15) is 23.2 Å². The number of benzene rings is 1. The van der Waals surface area contributed by atoms with Gasteiger partial charge in [0.1, 0.15) is 11.6 Å². The molecule has 2 rings (SSSR count). The Labute approximate surface area is 121 Å². The molecule has 1 aromatic heterocycles. The fourth-order valence-corrected chi connectivity index (χ4v) is 2.02. The Morgan fingerprint density at radius 3 is 2.43 bits per heavy atom. The lowest BCUT2D eigenvalue weighted by Crippen LogP contribution is -2.08. The van der Waals surface area contributed by atoms with Crippen molar-refractivity contribution in [1.82, 2.24) is 9.55 Å². The van der Waals surface area contributed by atoms with Gasteiger partial charge in [-0.2, -0.15) is 0 Å². The van der Waals surface area contributed by atoms with E-state index in [1.54, 1.807) is 35.8 Å². The van der Waals surface area contributed by atoms with E-state index in [-0.39, 0.29) is 17.4 Å². The van der Waals surface area contributed by atoms with Crippen LogP contribution in [0.2, 0.25) is 0 Å². The van der Waals surface area contributed by atoms with E-state index >= 15 is 0 Å². The third-order valence-corrected chi connectivity index (χ3v) is 2.91. The number of imidazole rings is 1. The van der Waals surface area contributed by atoms with Crippen molar-refractivity contribution in [3.05, 3.63) is 35.8 Å². The number of nitrogens with zero attached hydrogens (tertiary/aromatic N) is 2. The van der Waals surface area contributed by atoms with Gasteiger partial charge in [-0.3, -0.25) is 9.36 Å². The highest BCUT2D eigenvalue weighted by molar-refractivity contribution is 5.92. The van der Waals surface area contributed by atoms with Crippen molar-refractivity contribution in [2.45, 2.75) is 13.8 Å². The number of nitrogens with one attached hydrogen (secondary N) is 1. The number of amides is 1. The van der Waals surface area contributed by atoms with Crippen molar-refractivity contribution in [3.8, 4) is 5.69 Å². The minimum absolute atomic E-state index is 0.0842. The highest BCUT2D eigenvalue weighted by atomic mass is 16.5. The maximum atomic E-state index is 11.6. The van der Waals surface area contributed by atoms with Gasteiger partial charge in [-0.25, -0.2) is 9.78 Å². The molecule has 7 nitrogen and oxygen atoms in total. The molecule has 0 aliphatic carbocycles. The molecule has 1 heterocycles. The van der Waals surface area contributed by atoms with Crippen molar-refractivity contribution >= 4 is 23.4 Å². The summed E-state index contributed by atoms with van der Waals surface area (Å²) < 4.78 is 6.28. The molecule has 0 bridgehead atoms. The minimum atomic E-state index is -0.579. The summed E-state index contributed by atoms with van der Waals surface area (Å²) in [7, 11) is 1.28. The van der Waals surface area contributed by atoms with E-state index in [1.807, 2.05) is 0 Å². The summed E-state index contributed by atoms with van der Waals surface area (Å²) in [5, 5.41) is 2.68. The molecule has 7 heteroatoms. The minimum Gasteiger partial charge on any atom is -0.464 e. The van der Waals surface area contributed by atoms with E-state index < -0.39 is 5.97 Å². The first kappa shape index (κ1) is 14.6. The summed E-state index contributed by atoms with van der Waals surface area (Å²) in [6.45, 7) is 3.18. The lowest BCUT2D eigenvalue weighted by Gasteiger charge is -2.09. The number of ether oxygens (including phenoxy) is 1. The Morgan fingerprint density at radius 2 is 1.90 bits per heavy atom. The number of esters is 1. The van der Waals surface area contributed by atoms with E-state index in [0.29, 0.717) is 11.5 Å². The third kappa shape index (κ3) is 2.86. The Bertz CT molecular complexity index is 689. The monoisotopic (exact) mass is 288 g/mol. The van der Waals surface area contributed by atoms with Gasteiger partial charge in [0.15, 0.2) is 5.69 Å². The van der Waals surface area contributed by atoms with Gasteiger partial charge < -0.3 is 15.8 Å². The Morgan fingerprint density at radius 1 is 1.29 bits per heavy atom. The molecule has 0 fully saturated rings. The summed E-state index contributed by atoms with van der Waals surface area (Å²) in [4.78, 5) is 26.7. The molecule has 0 aliphatic rings. The number of hydrogen-bond acceptors (Lipinski definition) is 5. The molecule has 3 N–H and O–H groups in total. The first-order chi connectivity index (χ1) is 9.93. The largest absolute Gasteiger partial charge is 0.464 e. The number of aromatic nitrogens is 2. The molecule has 0 radical (unpaired) electrons. The van der Waals surface area contributed by atoms with Crippen LogP contribution in [0.4, 0.5) is 11.5 Å². The normalized spacial score (nSPS) is 10.2. The van der Waals surface area contributed by atoms with E-state index in [0.717, 1.165) is 5.69 Å². The summed E-state index contributed by atoms with van der Waals surface area (Å²) in [6.07, 6.45) is 0. The third-order valence-electron chi connectivity index (χ3n) is 2.91. The van der Waals surface area contributed by atoms with Crippen molar-refractivity contribution in [3.63, 3.8) is 0 Å². The number of methoxy groups -OCH3 is 1. The molecule has 0 spiro atoms. The SMILES string of the molecule is COC(=O)c1nc(C)n(-c2ccc(NC(C)=O)cc2)c1N. The summed E-state index contributed by atoms with van der Waals surface area (Å²) in [5.41, 5.74) is 7.46. The van der Waals surface area contributed by atoms with Crippen LogP contribution >= 0.6 is 0 Å². The number of carbonyl (C=O) groups excluding carboxylic acids is 2. The second-order valence-corrected chi connectivity index (χ2v) is 4.45. The molecule has 0 unspecified atom stereocenters. The first-order valence-electron chi connectivity index (χ1n) is 6.25. The summed E-state index contributed by atoms with van der Waals surface area (Å²) >= 11 is 0. The lowest BCUT2D eigenvalue weighted by atomic mass is 10.2. The van der Waals surface area contributed by atoms with Crippen LogP contribution in [0.3, 0.4) is 0 Å². The number of anilines is 2. The van der Waals surface area contributed by atoms with Crippen molar-refractivity contribution < 1.29 is 14.3 Å². The van der Waals surface area contributed by atoms with Crippen LogP contribution in [-0.2, 0) is 9.53 Å². The molecule has 0 saturated heterocycles. The highest BCUT2D eigenvalue weighted by Crippen LogP contribution is 2.22. The predicted molar refractivity (Wildman–Crippen MR) is 78.4 cm³/mol. The number of aryl methyl sites for hydroxylation is 1. The average molecular weight is 288 g/mol. The van der Waals surface area contributed by atoms with Crippen LogP contribution in [0.25, 0.3) is 5.69 Å². The fourth-order valence-electron chi connectivity index (χ4n) is 2.02. The van der Waals surface area contributed by atoms with E-state index in [4.69, 9.17) is 5.73 Å². The van der Waals surface area contributed by atoms with Gasteiger partial charge in [-0.1, -0.05) is 0 Å². The van der Waals surface area contributed by atoms with Gasteiger partial charge in [-0.15, -0.1) is 0 Å². The Hall–Kier alpha value is -2.83. The lowest BCUT2D eigenvalue weighted by molar-refractivity contribution is -0.114. The van der Waals surface area contributed by atoms with Gasteiger partial charge in [0.05, 0.1) is 7.11 Å². The maximum Gasteiger partial charge on any atom is 0.360 e. The fraction of sp³-hybridized carbons (Fsp3) is 0.214. The number of nitrogens with two attached hydrogens (primary N) is 1. The average Bonchev–Trinajstić information content (AvgIpc) is 2.74. The zero-order valence-corrected chi connectivity index (χ0v) is 12.0. The second-order valence-electron chi connectivity index (χ2n) is 4.45. The van der Waals surface area contributed by atoms with Crippen molar-refractivity contribution in [2.24, 2.45) is 0 Å². The van der Waals surface area contributed by atoms with E-state index in [2.05, 4.69) is 15.0 Å². The van der Waals surface area contributed by atoms with Crippen LogP contribution in [0, 0.1) is 6.92 Å². The maximum absolute atomic E-state index is 11.6. The van der Waals surface area contributed by atoms with E-state index in [1.165, 1.54) is 14.0 Å². The van der Waals surface area contributed by atoms with Crippen LogP contribution in [0.5, 0.6) is 0 Å². The molecule has 0 aliphatic heterocycles. The van der Waals surface area contributed by atoms with Gasteiger partial charge in [-0.05, 0) is 31.2 Å².